The minimum absolute atomic E-state index is 0.721. The molecule has 1 saturated carbocycles. The van der Waals surface area contributed by atoms with Crippen molar-refractivity contribution in [2.75, 3.05) is 13.2 Å². The van der Waals surface area contributed by atoms with Gasteiger partial charge in [-0.25, -0.2) is 0 Å². The molecule has 2 rings (SSSR count). The molecule has 0 radical (unpaired) electrons. The van der Waals surface area contributed by atoms with E-state index in [9.17, 15) is 0 Å². The summed E-state index contributed by atoms with van der Waals surface area (Å²) in [5.74, 6) is 2.75. The molecule has 2 nitrogen and oxygen atoms in total. The smallest absolute Gasteiger partial charge is 0.119 e. The second-order valence-corrected chi connectivity index (χ2v) is 5.79. The van der Waals surface area contributed by atoms with Gasteiger partial charge in [0.15, 0.2) is 0 Å². The van der Waals surface area contributed by atoms with Crippen molar-refractivity contribution >= 4 is 0 Å². The van der Waals surface area contributed by atoms with Crippen molar-refractivity contribution in [3.05, 3.63) is 29.8 Å². The Morgan fingerprint density at radius 2 is 2.11 bits per heavy atom. The number of rotatable bonds is 6. The van der Waals surface area contributed by atoms with Crippen molar-refractivity contribution in [1.29, 1.82) is 0 Å². The van der Waals surface area contributed by atoms with Crippen LogP contribution in [0.15, 0.2) is 24.3 Å². The molecule has 18 heavy (non-hydrogen) atoms. The van der Waals surface area contributed by atoms with E-state index in [2.05, 4.69) is 38.2 Å². The Hall–Kier alpha value is -1.02. The van der Waals surface area contributed by atoms with Gasteiger partial charge in [0.05, 0.1) is 0 Å². The standard InChI is InChI=1S/C16H25NO/c1-12(2)14-10-15(11-14)17-7-8-18-16-6-4-5-13(3)9-16/h4-6,9,12,14-15,17H,7-8,10-11H2,1-3H3. The van der Waals surface area contributed by atoms with Crippen molar-refractivity contribution in [2.24, 2.45) is 11.8 Å². The molecule has 0 amide bonds. The zero-order valence-corrected chi connectivity index (χ0v) is 11.8. The fraction of sp³-hybridized carbons (Fsp3) is 0.625. The first-order valence-electron chi connectivity index (χ1n) is 7.08. The molecule has 0 spiro atoms. The monoisotopic (exact) mass is 247 g/mol. The van der Waals surface area contributed by atoms with Gasteiger partial charge in [-0.2, -0.15) is 0 Å². The fourth-order valence-electron chi connectivity index (χ4n) is 2.51. The van der Waals surface area contributed by atoms with Crippen LogP contribution in [0.25, 0.3) is 0 Å². The van der Waals surface area contributed by atoms with Crippen LogP contribution >= 0.6 is 0 Å². The quantitative estimate of drug-likeness (QED) is 0.778. The minimum Gasteiger partial charge on any atom is -0.492 e. The largest absolute Gasteiger partial charge is 0.492 e. The van der Waals surface area contributed by atoms with E-state index >= 15 is 0 Å². The van der Waals surface area contributed by atoms with Crippen molar-refractivity contribution in [3.8, 4) is 5.75 Å². The van der Waals surface area contributed by atoms with Crippen LogP contribution < -0.4 is 10.1 Å². The summed E-state index contributed by atoms with van der Waals surface area (Å²) in [5.41, 5.74) is 1.25. The van der Waals surface area contributed by atoms with Gasteiger partial charge in [0.2, 0.25) is 0 Å². The van der Waals surface area contributed by atoms with E-state index in [1.807, 2.05) is 12.1 Å². The first-order chi connectivity index (χ1) is 8.65. The summed E-state index contributed by atoms with van der Waals surface area (Å²) in [6.45, 7) is 8.44. The maximum atomic E-state index is 5.72. The Morgan fingerprint density at radius 3 is 2.78 bits per heavy atom. The maximum absolute atomic E-state index is 5.72. The van der Waals surface area contributed by atoms with Gasteiger partial charge in [-0.1, -0.05) is 26.0 Å². The SMILES string of the molecule is Cc1cccc(OCCNC2CC(C(C)C)C2)c1. The van der Waals surface area contributed by atoms with Gasteiger partial charge in [0, 0.05) is 12.6 Å². The molecule has 2 heteroatoms. The third-order valence-corrected chi connectivity index (χ3v) is 3.91. The normalized spacial score (nSPS) is 22.9. The lowest BCUT2D eigenvalue weighted by Gasteiger charge is -2.38. The van der Waals surface area contributed by atoms with Gasteiger partial charge in [0.25, 0.3) is 0 Å². The molecule has 0 unspecified atom stereocenters. The van der Waals surface area contributed by atoms with Gasteiger partial charge in [0.1, 0.15) is 12.4 Å². The molecular formula is C16H25NO. The molecule has 1 N–H and O–H groups in total. The fourth-order valence-corrected chi connectivity index (χ4v) is 2.51. The number of ether oxygens (including phenoxy) is 1. The number of nitrogens with one attached hydrogen (secondary N) is 1. The number of hydrogen-bond donors (Lipinski definition) is 1. The van der Waals surface area contributed by atoms with Crippen LogP contribution in [-0.4, -0.2) is 19.2 Å². The highest BCUT2D eigenvalue weighted by molar-refractivity contribution is 5.27. The Bertz CT molecular complexity index is 369. The Morgan fingerprint density at radius 1 is 1.33 bits per heavy atom. The van der Waals surface area contributed by atoms with E-state index < -0.39 is 0 Å². The van der Waals surface area contributed by atoms with Crippen LogP contribution in [0.5, 0.6) is 5.75 Å². The zero-order chi connectivity index (χ0) is 13.0. The van der Waals surface area contributed by atoms with E-state index in [1.54, 1.807) is 0 Å². The molecule has 0 aliphatic heterocycles. The van der Waals surface area contributed by atoms with Crippen molar-refractivity contribution < 1.29 is 4.74 Å². The van der Waals surface area contributed by atoms with E-state index in [-0.39, 0.29) is 0 Å². The van der Waals surface area contributed by atoms with Crippen LogP contribution in [0.1, 0.15) is 32.3 Å². The van der Waals surface area contributed by atoms with Gasteiger partial charge in [-0.3, -0.25) is 0 Å². The molecule has 1 fully saturated rings. The second kappa shape index (κ2) is 6.24. The lowest BCUT2D eigenvalue weighted by Crippen LogP contribution is -2.44. The Balaban J connectivity index is 1.57. The second-order valence-electron chi connectivity index (χ2n) is 5.79. The molecule has 0 atom stereocenters. The van der Waals surface area contributed by atoms with Crippen molar-refractivity contribution in [3.63, 3.8) is 0 Å². The summed E-state index contributed by atoms with van der Waals surface area (Å²) < 4.78 is 5.72. The molecule has 1 aliphatic carbocycles. The summed E-state index contributed by atoms with van der Waals surface area (Å²) in [7, 11) is 0. The van der Waals surface area contributed by atoms with E-state index in [0.29, 0.717) is 0 Å². The Labute approximate surface area is 111 Å². The first kappa shape index (κ1) is 13.4. The lowest BCUT2D eigenvalue weighted by atomic mass is 9.74. The molecule has 0 heterocycles. The molecule has 100 valence electrons. The van der Waals surface area contributed by atoms with E-state index in [1.165, 1.54) is 18.4 Å². The van der Waals surface area contributed by atoms with Crippen LogP contribution in [0, 0.1) is 18.8 Å². The summed E-state index contributed by atoms with van der Waals surface area (Å²) in [6.07, 6.45) is 2.67. The minimum atomic E-state index is 0.721. The third kappa shape index (κ3) is 3.74. The van der Waals surface area contributed by atoms with Crippen LogP contribution in [-0.2, 0) is 0 Å². The lowest BCUT2D eigenvalue weighted by molar-refractivity contribution is 0.162. The molecule has 0 saturated heterocycles. The summed E-state index contributed by atoms with van der Waals surface area (Å²) >= 11 is 0. The molecule has 1 aromatic rings. The molecule has 0 bridgehead atoms. The van der Waals surface area contributed by atoms with Gasteiger partial charge < -0.3 is 10.1 Å². The summed E-state index contributed by atoms with van der Waals surface area (Å²) in [4.78, 5) is 0. The highest BCUT2D eigenvalue weighted by Crippen LogP contribution is 2.33. The summed E-state index contributed by atoms with van der Waals surface area (Å²) in [5, 5.41) is 3.56. The van der Waals surface area contributed by atoms with Gasteiger partial charge in [-0.15, -0.1) is 0 Å². The number of aryl methyl sites for hydroxylation is 1. The highest BCUT2D eigenvalue weighted by atomic mass is 16.5. The summed E-state index contributed by atoms with van der Waals surface area (Å²) in [6, 6.07) is 8.95. The predicted molar refractivity (Wildman–Crippen MR) is 76.0 cm³/mol. The average Bonchev–Trinajstić information content (AvgIpc) is 2.25. The van der Waals surface area contributed by atoms with Crippen molar-refractivity contribution in [1.82, 2.24) is 5.32 Å². The average molecular weight is 247 g/mol. The number of hydrogen-bond acceptors (Lipinski definition) is 2. The molecule has 1 aromatic carbocycles. The highest BCUT2D eigenvalue weighted by Gasteiger charge is 2.30. The molecule has 1 aliphatic rings. The van der Waals surface area contributed by atoms with Crippen molar-refractivity contribution in [2.45, 2.75) is 39.7 Å². The van der Waals surface area contributed by atoms with E-state index in [0.717, 1.165) is 36.8 Å². The van der Waals surface area contributed by atoms with Crippen LogP contribution in [0.4, 0.5) is 0 Å². The third-order valence-electron chi connectivity index (χ3n) is 3.91. The predicted octanol–water partition coefficient (Wildman–Crippen LogP) is 3.40. The molecular weight excluding hydrogens is 222 g/mol. The maximum Gasteiger partial charge on any atom is 0.119 e. The van der Waals surface area contributed by atoms with Gasteiger partial charge >= 0.3 is 0 Å². The number of benzene rings is 1. The Kier molecular flexibility index (Phi) is 4.65. The first-order valence-corrected chi connectivity index (χ1v) is 7.08. The van der Waals surface area contributed by atoms with E-state index in [4.69, 9.17) is 4.74 Å². The zero-order valence-electron chi connectivity index (χ0n) is 11.8. The van der Waals surface area contributed by atoms with Gasteiger partial charge in [-0.05, 0) is 49.3 Å². The topological polar surface area (TPSA) is 21.3 Å². The van der Waals surface area contributed by atoms with Crippen LogP contribution in [0.3, 0.4) is 0 Å². The van der Waals surface area contributed by atoms with Crippen LogP contribution in [0.2, 0.25) is 0 Å². The molecule has 0 aromatic heterocycles.